The predicted octanol–water partition coefficient (Wildman–Crippen LogP) is 4.07. The van der Waals surface area contributed by atoms with Gasteiger partial charge in [0.2, 0.25) is 0 Å². The van der Waals surface area contributed by atoms with Gasteiger partial charge in [0.1, 0.15) is 11.5 Å². The third kappa shape index (κ3) is 3.27. The first-order valence-electron chi connectivity index (χ1n) is 6.27. The van der Waals surface area contributed by atoms with Crippen molar-refractivity contribution in [1.82, 2.24) is 0 Å². The molecule has 0 atom stereocenters. The van der Waals surface area contributed by atoms with E-state index in [2.05, 4.69) is 5.32 Å². The number of anilines is 3. The molecular weight excluding hydrogens is 276 g/mol. The van der Waals surface area contributed by atoms with Crippen LogP contribution in [0.4, 0.5) is 17.1 Å². The Kier molecular flexibility index (Phi) is 4.58. The van der Waals surface area contributed by atoms with Crippen molar-refractivity contribution in [1.29, 1.82) is 0 Å². The lowest BCUT2D eigenvalue weighted by molar-refractivity contribution is 0.342. The van der Waals surface area contributed by atoms with Gasteiger partial charge in [-0.15, -0.1) is 0 Å². The Balaban J connectivity index is 2.21. The predicted molar refractivity (Wildman–Crippen MR) is 83.3 cm³/mol. The van der Waals surface area contributed by atoms with Gasteiger partial charge in [-0.1, -0.05) is 11.6 Å². The van der Waals surface area contributed by atoms with E-state index in [-0.39, 0.29) is 0 Å². The quantitative estimate of drug-likeness (QED) is 0.816. The Labute approximate surface area is 123 Å². The Morgan fingerprint density at radius 1 is 1.10 bits per heavy atom. The fourth-order valence-electron chi connectivity index (χ4n) is 1.80. The average Bonchev–Trinajstić information content (AvgIpc) is 2.43. The van der Waals surface area contributed by atoms with Crippen molar-refractivity contribution < 1.29 is 9.47 Å². The summed E-state index contributed by atoms with van der Waals surface area (Å²) in [6, 6.07) is 11.1. The van der Waals surface area contributed by atoms with Gasteiger partial charge in [0.05, 0.1) is 24.4 Å². The van der Waals surface area contributed by atoms with E-state index in [0.29, 0.717) is 28.8 Å². The number of hydrogen-bond acceptors (Lipinski definition) is 4. The monoisotopic (exact) mass is 292 g/mol. The molecule has 5 heteroatoms. The van der Waals surface area contributed by atoms with Crippen LogP contribution in [0.1, 0.15) is 6.92 Å². The molecule has 0 saturated carbocycles. The highest BCUT2D eigenvalue weighted by molar-refractivity contribution is 6.32. The molecule has 0 radical (unpaired) electrons. The molecule has 0 unspecified atom stereocenters. The highest BCUT2D eigenvalue weighted by Gasteiger charge is 2.05. The second-order valence-corrected chi connectivity index (χ2v) is 4.57. The second kappa shape index (κ2) is 6.39. The average molecular weight is 293 g/mol. The van der Waals surface area contributed by atoms with Gasteiger partial charge in [0, 0.05) is 17.4 Å². The van der Waals surface area contributed by atoms with E-state index < -0.39 is 0 Å². The number of ether oxygens (including phenoxy) is 2. The van der Waals surface area contributed by atoms with Gasteiger partial charge in [-0.2, -0.15) is 0 Å². The molecule has 0 aliphatic carbocycles. The van der Waals surface area contributed by atoms with Crippen LogP contribution >= 0.6 is 11.6 Å². The number of methoxy groups -OCH3 is 1. The topological polar surface area (TPSA) is 56.5 Å². The first-order valence-corrected chi connectivity index (χ1v) is 6.64. The van der Waals surface area contributed by atoms with Gasteiger partial charge in [-0.25, -0.2) is 0 Å². The van der Waals surface area contributed by atoms with E-state index in [1.807, 2.05) is 31.2 Å². The van der Waals surface area contributed by atoms with Crippen LogP contribution in [-0.4, -0.2) is 13.7 Å². The van der Waals surface area contributed by atoms with Crippen LogP contribution in [0.15, 0.2) is 36.4 Å². The van der Waals surface area contributed by atoms with Crippen LogP contribution in [0, 0.1) is 0 Å². The van der Waals surface area contributed by atoms with E-state index in [1.54, 1.807) is 19.2 Å². The normalized spacial score (nSPS) is 10.2. The lowest BCUT2D eigenvalue weighted by Crippen LogP contribution is -1.98. The van der Waals surface area contributed by atoms with Crippen molar-refractivity contribution in [3.8, 4) is 11.5 Å². The lowest BCUT2D eigenvalue weighted by atomic mass is 10.2. The summed E-state index contributed by atoms with van der Waals surface area (Å²) in [5.41, 5.74) is 8.20. The fraction of sp³-hybridized carbons (Fsp3) is 0.200. The molecule has 0 saturated heterocycles. The maximum absolute atomic E-state index is 6.09. The summed E-state index contributed by atoms with van der Waals surface area (Å²) in [6.45, 7) is 2.49. The number of nitrogens with one attached hydrogen (secondary N) is 1. The molecule has 0 aliphatic rings. The molecule has 106 valence electrons. The lowest BCUT2D eigenvalue weighted by Gasteiger charge is -2.12. The number of nitrogen functional groups attached to an aromatic ring is 1. The standard InChI is InChI=1S/C15H17ClN2O2/c1-3-20-15-9-11(4-6-13(15)17)18-10-5-7-14(19-2)12(16)8-10/h4-9,18H,3,17H2,1-2H3. The molecule has 0 heterocycles. The van der Waals surface area contributed by atoms with Crippen LogP contribution in [0.25, 0.3) is 0 Å². The Morgan fingerprint density at radius 3 is 2.45 bits per heavy atom. The highest BCUT2D eigenvalue weighted by Crippen LogP contribution is 2.31. The Bertz CT molecular complexity index is 602. The van der Waals surface area contributed by atoms with Gasteiger partial charge in [0.15, 0.2) is 0 Å². The molecule has 3 N–H and O–H groups in total. The van der Waals surface area contributed by atoms with E-state index in [4.69, 9.17) is 26.8 Å². The van der Waals surface area contributed by atoms with Crippen LogP contribution in [-0.2, 0) is 0 Å². The zero-order chi connectivity index (χ0) is 14.5. The minimum atomic E-state index is 0.554. The fourth-order valence-corrected chi connectivity index (χ4v) is 2.06. The summed E-state index contributed by atoms with van der Waals surface area (Å²) in [7, 11) is 1.59. The number of nitrogens with two attached hydrogens (primary N) is 1. The summed E-state index contributed by atoms with van der Waals surface area (Å²) < 4.78 is 10.6. The van der Waals surface area contributed by atoms with Gasteiger partial charge < -0.3 is 20.5 Å². The van der Waals surface area contributed by atoms with Gasteiger partial charge in [0.25, 0.3) is 0 Å². The molecule has 4 nitrogen and oxygen atoms in total. The van der Waals surface area contributed by atoms with Gasteiger partial charge in [-0.3, -0.25) is 0 Å². The number of halogens is 1. The molecule has 0 bridgehead atoms. The third-order valence-corrected chi connectivity index (χ3v) is 3.05. The van der Waals surface area contributed by atoms with E-state index in [1.165, 1.54) is 0 Å². The molecule has 0 fully saturated rings. The van der Waals surface area contributed by atoms with Crippen molar-refractivity contribution in [2.45, 2.75) is 6.92 Å². The zero-order valence-electron chi connectivity index (χ0n) is 11.4. The smallest absolute Gasteiger partial charge is 0.144 e. The summed E-state index contributed by atoms with van der Waals surface area (Å²) in [5.74, 6) is 1.31. The molecular formula is C15H17ClN2O2. The van der Waals surface area contributed by atoms with Crippen molar-refractivity contribution >= 4 is 28.7 Å². The molecule has 0 aromatic heterocycles. The summed E-state index contributed by atoms with van der Waals surface area (Å²) in [6.07, 6.45) is 0. The Morgan fingerprint density at radius 2 is 1.80 bits per heavy atom. The van der Waals surface area contributed by atoms with Crippen molar-refractivity contribution in [2.75, 3.05) is 24.8 Å². The van der Waals surface area contributed by atoms with Crippen LogP contribution < -0.4 is 20.5 Å². The molecule has 0 amide bonds. The number of hydrogen-bond donors (Lipinski definition) is 2. The van der Waals surface area contributed by atoms with Gasteiger partial charge >= 0.3 is 0 Å². The molecule has 2 aromatic carbocycles. The number of benzene rings is 2. The molecule has 0 aliphatic heterocycles. The first kappa shape index (κ1) is 14.3. The Hall–Kier alpha value is -2.07. The molecule has 20 heavy (non-hydrogen) atoms. The molecule has 2 aromatic rings. The minimum absolute atomic E-state index is 0.554. The maximum Gasteiger partial charge on any atom is 0.144 e. The third-order valence-electron chi connectivity index (χ3n) is 2.75. The van der Waals surface area contributed by atoms with Gasteiger partial charge in [-0.05, 0) is 37.3 Å². The van der Waals surface area contributed by atoms with Crippen molar-refractivity contribution in [3.05, 3.63) is 41.4 Å². The van der Waals surface area contributed by atoms with Crippen LogP contribution in [0.2, 0.25) is 5.02 Å². The minimum Gasteiger partial charge on any atom is -0.495 e. The largest absolute Gasteiger partial charge is 0.495 e. The second-order valence-electron chi connectivity index (χ2n) is 4.16. The SMILES string of the molecule is CCOc1cc(Nc2ccc(OC)c(Cl)c2)ccc1N. The van der Waals surface area contributed by atoms with E-state index >= 15 is 0 Å². The number of rotatable bonds is 5. The van der Waals surface area contributed by atoms with Crippen molar-refractivity contribution in [2.24, 2.45) is 0 Å². The zero-order valence-corrected chi connectivity index (χ0v) is 12.2. The first-order chi connectivity index (χ1) is 9.63. The molecule has 0 spiro atoms. The summed E-state index contributed by atoms with van der Waals surface area (Å²) >= 11 is 6.09. The van der Waals surface area contributed by atoms with Crippen LogP contribution in [0.3, 0.4) is 0 Å². The highest BCUT2D eigenvalue weighted by atomic mass is 35.5. The maximum atomic E-state index is 6.09. The molecule has 2 rings (SSSR count). The van der Waals surface area contributed by atoms with Crippen LogP contribution in [0.5, 0.6) is 11.5 Å². The summed E-state index contributed by atoms with van der Waals surface area (Å²) in [5, 5.41) is 3.80. The van der Waals surface area contributed by atoms with Crippen molar-refractivity contribution in [3.63, 3.8) is 0 Å². The van der Waals surface area contributed by atoms with E-state index in [9.17, 15) is 0 Å². The summed E-state index contributed by atoms with van der Waals surface area (Å²) in [4.78, 5) is 0. The van der Waals surface area contributed by atoms with E-state index in [0.717, 1.165) is 11.4 Å².